The van der Waals surface area contributed by atoms with E-state index in [4.69, 9.17) is 5.26 Å². The molecular weight excluding hydrogens is 176 g/mol. The Hall–Kier alpha value is -2.15. The Bertz CT molecular complexity index is 479. The van der Waals surface area contributed by atoms with Crippen LogP contribution in [0.25, 0.3) is 5.69 Å². The smallest absolute Gasteiger partial charge is 0.142 e. The van der Waals surface area contributed by atoms with Gasteiger partial charge in [-0.3, -0.25) is 0 Å². The van der Waals surface area contributed by atoms with Crippen molar-refractivity contribution in [3.05, 3.63) is 42.0 Å². The average Bonchev–Trinajstić information content (AvgIpc) is 2.69. The first-order valence-corrected chi connectivity index (χ1v) is 4.18. The van der Waals surface area contributed by atoms with Crippen LogP contribution in [0.3, 0.4) is 0 Å². The lowest BCUT2D eigenvalue weighted by molar-refractivity contribution is 0.873. The summed E-state index contributed by atoms with van der Waals surface area (Å²) in [7, 11) is 0. The van der Waals surface area contributed by atoms with E-state index in [2.05, 4.69) is 10.1 Å². The molecule has 0 spiro atoms. The van der Waals surface area contributed by atoms with Gasteiger partial charge in [-0.2, -0.15) is 10.4 Å². The predicted molar refractivity (Wildman–Crippen MR) is 50.8 cm³/mol. The van der Waals surface area contributed by atoms with Gasteiger partial charge in [0.2, 0.25) is 0 Å². The highest BCUT2D eigenvalue weighted by molar-refractivity contribution is 5.38. The summed E-state index contributed by atoms with van der Waals surface area (Å²) in [6, 6.07) is 7.44. The molecule has 68 valence electrons. The van der Waals surface area contributed by atoms with Crippen molar-refractivity contribution < 1.29 is 0 Å². The van der Waals surface area contributed by atoms with Gasteiger partial charge in [0.05, 0.1) is 5.69 Å². The fourth-order valence-corrected chi connectivity index (χ4v) is 1.26. The van der Waals surface area contributed by atoms with E-state index < -0.39 is 0 Å². The monoisotopic (exact) mass is 184 g/mol. The molecule has 0 aliphatic rings. The van der Waals surface area contributed by atoms with Crippen LogP contribution >= 0.6 is 0 Å². The molecule has 0 radical (unpaired) electrons. The summed E-state index contributed by atoms with van der Waals surface area (Å²) in [4.78, 5) is 4.06. The third-order valence-electron chi connectivity index (χ3n) is 1.82. The van der Waals surface area contributed by atoms with Crippen LogP contribution < -0.4 is 0 Å². The molecule has 2 aromatic rings. The number of hydrogen-bond acceptors (Lipinski definition) is 3. The van der Waals surface area contributed by atoms with E-state index in [0.717, 1.165) is 11.4 Å². The lowest BCUT2D eigenvalue weighted by atomic mass is 10.3. The second-order valence-electron chi connectivity index (χ2n) is 2.91. The summed E-state index contributed by atoms with van der Waals surface area (Å²) in [6.45, 7) is 1.86. The first-order valence-electron chi connectivity index (χ1n) is 4.18. The van der Waals surface area contributed by atoms with Crippen LogP contribution in [0, 0.1) is 18.3 Å². The first kappa shape index (κ1) is 8.45. The molecule has 0 saturated heterocycles. The Labute approximate surface area is 81.4 Å². The SMILES string of the molecule is Cc1cc(-n2cccn2)cc(C#N)n1. The number of aryl methyl sites for hydroxylation is 1. The number of nitrogens with zero attached hydrogens (tertiary/aromatic N) is 4. The second-order valence-corrected chi connectivity index (χ2v) is 2.91. The van der Waals surface area contributed by atoms with Crippen LogP contribution in [0.2, 0.25) is 0 Å². The Morgan fingerprint density at radius 2 is 2.29 bits per heavy atom. The van der Waals surface area contributed by atoms with Crippen LogP contribution in [0.15, 0.2) is 30.6 Å². The van der Waals surface area contributed by atoms with Crippen molar-refractivity contribution in [2.45, 2.75) is 6.92 Å². The standard InChI is InChI=1S/C10H8N4/c1-8-5-10(6-9(7-11)13-8)14-4-2-3-12-14/h2-6H,1H3. The van der Waals surface area contributed by atoms with Crippen molar-refractivity contribution in [3.8, 4) is 11.8 Å². The van der Waals surface area contributed by atoms with Gasteiger partial charge in [-0.05, 0) is 19.1 Å². The maximum Gasteiger partial charge on any atom is 0.142 e. The normalized spacial score (nSPS) is 9.71. The van der Waals surface area contributed by atoms with E-state index >= 15 is 0 Å². The van der Waals surface area contributed by atoms with Gasteiger partial charge in [0.15, 0.2) is 0 Å². The molecule has 2 rings (SSSR count). The topological polar surface area (TPSA) is 54.5 Å². The lowest BCUT2D eigenvalue weighted by Gasteiger charge is -2.02. The van der Waals surface area contributed by atoms with Crippen molar-refractivity contribution >= 4 is 0 Å². The van der Waals surface area contributed by atoms with Gasteiger partial charge >= 0.3 is 0 Å². The van der Waals surface area contributed by atoms with Crippen molar-refractivity contribution in [3.63, 3.8) is 0 Å². The van der Waals surface area contributed by atoms with Crippen molar-refractivity contribution in [2.75, 3.05) is 0 Å². The fraction of sp³-hybridized carbons (Fsp3) is 0.100. The van der Waals surface area contributed by atoms with Crippen molar-refractivity contribution in [1.82, 2.24) is 14.8 Å². The molecule has 0 atom stereocenters. The molecule has 0 aromatic carbocycles. The van der Waals surface area contributed by atoms with Crippen molar-refractivity contribution in [2.24, 2.45) is 0 Å². The van der Waals surface area contributed by atoms with Crippen molar-refractivity contribution in [1.29, 1.82) is 5.26 Å². The molecule has 4 heteroatoms. The minimum atomic E-state index is 0.413. The molecule has 0 saturated carbocycles. The number of pyridine rings is 1. The number of aromatic nitrogens is 3. The summed E-state index contributed by atoms with van der Waals surface area (Å²) < 4.78 is 1.70. The number of nitriles is 1. The molecule has 0 unspecified atom stereocenters. The predicted octanol–water partition coefficient (Wildman–Crippen LogP) is 1.45. The first-order chi connectivity index (χ1) is 6.79. The Kier molecular flexibility index (Phi) is 1.99. The summed E-state index contributed by atoms with van der Waals surface area (Å²) in [5.41, 5.74) is 2.09. The van der Waals surface area contributed by atoms with Crippen LogP contribution in [-0.4, -0.2) is 14.8 Å². The Balaban J connectivity index is 2.55. The summed E-state index contributed by atoms with van der Waals surface area (Å²) >= 11 is 0. The molecule has 0 N–H and O–H groups in total. The molecule has 0 aliphatic carbocycles. The zero-order valence-corrected chi connectivity index (χ0v) is 7.68. The largest absolute Gasteiger partial charge is 0.242 e. The molecule has 2 aromatic heterocycles. The van der Waals surface area contributed by atoms with Crippen LogP contribution in [0.1, 0.15) is 11.4 Å². The van der Waals surface area contributed by atoms with E-state index in [1.807, 2.05) is 31.3 Å². The van der Waals surface area contributed by atoms with Gasteiger partial charge < -0.3 is 0 Å². The fourth-order valence-electron chi connectivity index (χ4n) is 1.26. The molecule has 0 amide bonds. The quantitative estimate of drug-likeness (QED) is 0.674. The van der Waals surface area contributed by atoms with Gasteiger partial charge in [0, 0.05) is 24.2 Å². The highest BCUT2D eigenvalue weighted by Gasteiger charge is 2.00. The third-order valence-corrected chi connectivity index (χ3v) is 1.82. The molecule has 14 heavy (non-hydrogen) atoms. The van der Waals surface area contributed by atoms with E-state index in [0.29, 0.717) is 5.69 Å². The van der Waals surface area contributed by atoms with Crippen LogP contribution in [0.4, 0.5) is 0 Å². The summed E-state index contributed by atoms with van der Waals surface area (Å²) in [5.74, 6) is 0. The van der Waals surface area contributed by atoms with Gasteiger partial charge in [-0.15, -0.1) is 0 Å². The molecule has 4 nitrogen and oxygen atoms in total. The summed E-state index contributed by atoms with van der Waals surface area (Å²) in [6.07, 6.45) is 3.53. The molecule has 0 aliphatic heterocycles. The highest BCUT2D eigenvalue weighted by atomic mass is 15.3. The zero-order chi connectivity index (χ0) is 9.97. The number of rotatable bonds is 1. The minimum absolute atomic E-state index is 0.413. The maximum absolute atomic E-state index is 8.74. The van der Waals surface area contributed by atoms with Gasteiger partial charge in [-0.25, -0.2) is 9.67 Å². The summed E-state index contributed by atoms with van der Waals surface area (Å²) in [5, 5.41) is 12.8. The molecule has 2 heterocycles. The highest BCUT2D eigenvalue weighted by Crippen LogP contribution is 2.09. The molecule has 0 bridgehead atoms. The molecular formula is C10H8N4. The van der Waals surface area contributed by atoms with E-state index in [-0.39, 0.29) is 0 Å². The average molecular weight is 184 g/mol. The number of hydrogen-bond donors (Lipinski definition) is 0. The van der Waals surface area contributed by atoms with E-state index in [1.54, 1.807) is 16.9 Å². The lowest BCUT2D eigenvalue weighted by Crippen LogP contribution is -1.97. The van der Waals surface area contributed by atoms with Gasteiger partial charge in [0.25, 0.3) is 0 Å². The van der Waals surface area contributed by atoms with Crippen LogP contribution in [0.5, 0.6) is 0 Å². The maximum atomic E-state index is 8.74. The zero-order valence-electron chi connectivity index (χ0n) is 7.68. The van der Waals surface area contributed by atoms with Crippen LogP contribution in [-0.2, 0) is 0 Å². The third kappa shape index (κ3) is 1.48. The van der Waals surface area contributed by atoms with Gasteiger partial charge in [-0.1, -0.05) is 0 Å². The van der Waals surface area contributed by atoms with E-state index in [1.165, 1.54) is 0 Å². The van der Waals surface area contributed by atoms with Gasteiger partial charge in [0.1, 0.15) is 11.8 Å². The Morgan fingerprint density at radius 3 is 2.93 bits per heavy atom. The Morgan fingerprint density at radius 1 is 1.43 bits per heavy atom. The minimum Gasteiger partial charge on any atom is -0.242 e. The second kappa shape index (κ2) is 3.30. The molecule has 0 fully saturated rings. The van der Waals surface area contributed by atoms with E-state index in [9.17, 15) is 0 Å².